The van der Waals surface area contributed by atoms with E-state index in [-0.39, 0.29) is 5.91 Å². The summed E-state index contributed by atoms with van der Waals surface area (Å²) in [6, 6.07) is 12.9. The van der Waals surface area contributed by atoms with Crippen molar-refractivity contribution in [1.82, 2.24) is 4.31 Å². The molecule has 2 aromatic carbocycles. The second-order valence-corrected chi connectivity index (χ2v) is 9.72. The molecule has 1 heterocycles. The van der Waals surface area contributed by atoms with E-state index in [1.54, 1.807) is 28.4 Å². The Morgan fingerprint density at radius 3 is 2.31 bits per heavy atom. The van der Waals surface area contributed by atoms with Gasteiger partial charge in [-0.1, -0.05) is 30.7 Å². The molecule has 0 bridgehead atoms. The molecule has 1 saturated heterocycles. The van der Waals surface area contributed by atoms with E-state index < -0.39 is 10.0 Å². The summed E-state index contributed by atoms with van der Waals surface area (Å²) in [5, 5.41) is 0. The van der Waals surface area contributed by atoms with Gasteiger partial charge in [-0.15, -0.1) is 0 Å². The van der Waals surface area contributed by atoms with E-state index in [1.807, 2.05) is 44.2 Å². The van der Waals surface area contributed by atoms with Crippen LogP contribution >= 0.6 is 0 Å². The number of hydrogen-bond donors (Lipinski definition) is 0. The Bertz CT molecular complexity index is 962. The third-order valence-electron chi connectivity index (χ3n) is 5.82. The number of carbonyl (C=O) groups is 1. The summed E-state index contributed by atoms with van der Waals surface area (Å²) in [7, 11) is -1.61. The van der Waals surface area contributed by atoms with Gasteiger partial charge in [0.15, 0.2) is 0 Å². The van der Waals surface area contributed by atoms with Gasteiger partial charge in [0.2, 0.25) is 15.9 Å². The van der Waals surface area contributed by atoms with Gasteiger partial charge in [-0.3, -0.25) is 4.79 Å². The summed E-state index contributed by atoms with van der Waals surface area (Å²) in [4.78, 5) is 14.7. The van der Waals surface area contributed by atoms with Gasteiger partial charge in [-0.05, 0) is 68.0 Å². The van der Waals surface area contributed by atoms with E-state index >= 15 is 0 Å². The molecule has 0 atom stereocenters. The Balaban J connectivity index is 1.62. The highest BCUT2D eigenvalue weighted by molar-refractivity contribution is 7.89. The number of anilines is 1. The SMILES string of the molecule is Cc1cccc(N(C)C(=O)CCc2ccc(S(=O)(=O)N3CCCCC3)cc2)c1C. The van der Waals surface area contributed by atoms with Crippen molar-refractivity contribution in [2.45, 2.75) is 50.8 Å². The average Bonchev–Trinajstić information content (AvgIpc) is 2.74. The van der Waals surface area contributed by atoms with E-state index in [4.69, 9.17) is 0 Å². The van der Waals surface area contributed by atoms with Crippen molar-refractivity contribution in [3.8, 4) is 0 Å². The first kappa shape index (κ1) is 21.5. The Hall–Kier alpha value is -2.18. The third-order valence-corrected chi connectivity index (χ3v) is 7.73. The first-order valence-electron chi connectivity index (χ1n) is 10.2. The molecule has 6 heteroatoms. The summed E-state index contributed by atoms with van der Waals surface area (Å²) in [6.07, 6.45) is 3.90. The molecule has 29 heavy (non-hydrogen) atoms. The number of sulfonamides is 1. The molecular weight excluding hydrogens is 384 g/mol. The molecule has 156 valence electrons. The van der Waals surface area contributed by atoms with Crippen molar-refractivity contribution >= 4 is 21.6 Å². The Kier molecular flexibility index (Phi) is 6.75. The number of benzene rings is 2. The number of nitrogens with zero attached hydrogens (tertiary/aromatic N) is 2. The predicted octanol–water partition coefficient (Wildman–Crippen LogP) is 4.07. The molecule has 0 unspecified atom stereocenters. The highest BCUT2D eigenvalue weighted by Crippen LogP contribution is 2.23. The fourth-order valence-corrected chi connectivity index (χ4v) is 5.25. The molecule has 1 aliphatic rings. The number of aryl methyl sites for hydroxylation is 2. The second kappa shape index (κ2) is 9.09. The van der Waals surface area contributed by atoms with Crippen molar-refractivity contribution in [1.29, 1.82) is 0 Å². The van der Waals surface area contributed by atoms with Crippen LogP contribution < -0.4 is 4.90 Å². The Morgan fingerprint density at radius 2 is 1.66 bits per heavy atom. The average molecular weight is 415 g/mol. The van der Waals surface area contributed by atoms with E-state index in [0.717, 1.165) is 41.6 Å². The lowest BCUT2D eigenvalue weighted by atomic mass is 10.1. The van der Waals surface area contributed by atoms with Gasteiger partial charge in [0.05, 0.1) is 4.90 Å². The van der Waals surface area contributed by atoms with Crippen molar-refractivity contribution in [3.05, 3.63) is 59.2 Å². The van der Waals surface area contributed by atoms with Crippen LogP contribution in [0.1, 0.15) is 42.4 Å². The molecule has 5 nitrogen and oxygen atoms in total. The maximum absolute atomic E-state index is 12.7. The summed E-state index contributed by atoms with van der Waals surface area (Å²) in [5.41, 5.74) is 4.16. The minimum Gasteiger partial charge on any atom is -0.315 e. The lowest BCUT2D eigenvalue weighted by Gasteiger charge is -2.25. The van der Waals surface area contributed by atoms with Crippen molar-refractivity contribution in [3.63, 3.8) is 0 Å². The summed E-state index contributed by atoms with van der Waals surface area (Å²) in [5.74, 6) is 0.0451. The molecule has 2 aromatic rings. The van der Waals surface area contributed by atoms with Crippen LogP contribution in [-0.4, -0.2) is 38.8 Å². The van der Waals surface area contributed by atoms with Crippen LogP contribution in [0.3, 0.4) is 0 Å². The molecule has 0 spiro atoms. The molecule has 0 aromatic heterocycles. The van der Waals surface area contributed by atoms with Crippen molar-refractivity contribution in [2.75, 3.05) is 25.0 Å². The fraction of sp³-hybridized carbons (Fsp3) is 0.435. The predicted molar refractivity (Wildman–Crippen MR) is 117 cm³/mol. The summed E-state index contributed by atoms with van der Waals surface area (Å²) < 4.78 is 27.0. The highest BCUT2D eigenvalue weighted by atomic mass is 32.2. The first-order valence-corrected chi connectivity index (χ1v) is 11.7. The number of piperidine rings is 1. The van der Waals surface area contributed by atoms with Crippen LogP contribution in [0.4, 0.5) is 5.69 Å². The van der Waals surface area contributed by atoms with Crippen molar-refractivity contribution in [2.24, 2.45) is 0 Å². The minimum atomic E-state index is -3.41. The fourth-order valence-electron chi connectivity index (χ4n) is 3.73. The van der Waals surface area contributed by atoms with Crippen LogP contribution in [0.5, 0.6) is 0 Å². The van der Waals surface area contributed by atoms with Gasteiger partial charge >= 0.3 is 0 Å². The van der Waals surface area contributed by atoms with Crippen LogP contribution in [0.25, 0.3) is 0 Å². The van der Waals surface area contributed by atoms with Crippen molar-refractivity contribution < 1.29 is 13.2 Å². The number of hydrogen-bond acceptors (Lipinski definition) is 3. The van der Waals surface area contributed by atoms with Crippen LogP contribution in [-0.2, 0) is 21.2 Å². The number of carbonyl (C=O) groups excluding carboxylic acids is 1. The largest absolute Gasteiger partial charge is 0.315 e. The van der Waals surface area contributed by atoms with Gasteiger partial charge in [-0.25, -0.2) is 8.42 Å². The molecular formula is C23H30N2O3S. The number of amides is 1. The standard InChI is InChI=1S/C23H30N2O3S/c1-18-8-7-9-22(19(18)2)24(3)23(26)15-12-20-10-13-21(14-11-20)29(27,28)25-16-5-4-6-17-25/h7-11,13-14H,4-6,12,15-17H2,1-3H3. The van der Waals surface area contributed by atoms with Crippen LogP contribution in [0.2, 0.25) is 0 Å². The zero-order chi connectivity index (χ0) is 21.0. The minimum absolute atomic E-state index is 0.0451. The normalized spacial score (nSPS) is 15.3. The van der Waals surface area contributed by atoms with Gasteiger partial charge < -0.3 is 4.90 Å². The lowest BCUT2D eigenvalue weighted by molar-refractivity contribution is -0.118. The molecule has 3 rings (SSSR count). The van der Waals surface area contributed by atoms with Gasteiger partial charge in [0.1, 0.15) is 0 Å². The van der Waals surface area contributed by atoms with Crippen LogP contribution in [0.15, 0.2) is 47.4 Å². The molecule has 0 N–H and O–H groups in total. The molecule has 0 saturated carbocycles. The van der Waals surface area contributed by atoms with E-state index in [2.05, 4.69) is 0 Å². The van der Waals surface area contributed by atoms with Gasteiger partial charge in [0.25, 0.3) is 0 Å². The lowest BCUT2D eigenvalue weighted by Crippen LogP contribution is -2.35. The zero-order valence-corrected chi connectivity index (χ0v) is 18.3. The zero-order valence-electron chi connectivity index (χ0n) is 17.5. The first-order chi connectivity index (χ1) is 13.8. The molecule has 1 aliphatic heterocycles. The maximum atomic E-state index is 12.7. The Labute approximate surface area is 174 Å². The van der Waals surface area contributed by atoms with Gasteiger partial charge in [-0.2, -0.15) is 4.31 Å². The molecule has 0 aliphatic carbocycles. The molecule has 1 amide bonds. The third kappa shape index (κ3) is 4.87. The monoisotopic (exact) mass is 414 g/mol. The van der Waals surface area contributed by atoms with E-state index in [0.29, 0.717) is 30.8 Å². The topological polar surface area (TPSA) is 57.7 Å². The quantitative estimate of drug-likeness (QED) is 0.716. The van der Waals surface area contributed by atoms with E-state index in [1.165, 1.54) is 0 Å². The van der Waals surface area contributed by atoms with Gasteiger partial charge in [0, 0.05) is 32.2 Å². The summed E-state index contributed by atoms with van der Waals surface area (Å²) in [6.45, 7) is 5.26. The smallest absolute Gasteiger partial charge is 0.243 e. The Morgan fingerprint density at radius 1 is 1.00 bits per heavy atom. The summed E-state index contributed by atoms with van der Waals surface area (Å²) >= 11 is 0. The van der Waals surface area contributed by atoms with E-state index in [9.17, 15) is 13.2 Å². The maximum Gasteiger partial charge on any atom is 0.243 e. The number of rotatable bonds is 6. The highest BCUT2D eigenvalue weighted by Gasteiger charge is 2.25. The molecule has 1 fully saturated rings. The molecule has 0 radical (unpaired) electrons. The second-order valence-electron chi connectivity index (χ2n) is 7.78. The van der Waals surface area contributed by atoms with Crippen LogP contribution in [0, 0.1) is 13.8 Å².